The summed E-state index contributed by atoms with van der Waals surface area (Å²) in [5, 5.41) is 3.29. The summed E-state index contributed by atoms with van der Waals surface area (Å²) in [7, 11) is 3.21. The quantitative estimate of drug-likeness (QED) is 0.759. The van der Waals surface area contributed by atoms with Crippen LogP contribution in [0.25, 0.3) is 0 Å². The number of ether oxygens (including phenoxy) is 2. The Hall–Kier alpha value is -1.85. The van der Waals surface area contributed by atoms with E-state index in [1.54, 1.807) is 19.2 Å². The van der Waals surface area contributed by atoms with Crippen LogP contribution in [0.1, 0.15) is 11.3 Å². The van der Waals surface area contributed by atoms with Gasteiger partial charge in [-0.05, 0) is 18.2 Å². The van der Waals surface area contributed by atoms with E-state index in [9.17, 15) is 4.39 Å². The predicted molar refractivity (Wildman–Crippen MR) is 80.1 cm³/mol. The van der Waals surface area contributed by atoms with E-state index in [0.29, 0.717) is 24.5 Å². The number of hydrogen-bond acceptors (Lipinski definition) is 3. The van der Waals surface area contributed by atoms with Crippen molar-refractivity contribution < 1.29 is 13.9 Å². The van der Waals surface area contributed by atoms with Crippen molar-refractivity contribution in [3.63, 3.8) is 0 Å². The molecule has 1 N–H and O–H groups in total. The van der Waals surface area contributed by atoms with Crippen molar-refractivity contribution in [1.29, 1.82) is 0 Å². The van der Waals surface area contributed by atoms with E-state index < -0.39 is 0 Å². The van der Waals surface area contributed by atoms with E-state index >= 15 is 0 Å². The fourth-order valence-corrected chi connectivity index (χ4v) is 2.12. The molecular formula is C16H21FN2O2. The van der Waals surface area contributed by atoms with Crippen molar-refractivity contribution in [3.8, 4) is 5.75 Å². The van der Waals surface area contributed by atoms with E-state index in [1.807, 2.05) is 22.9 Å². The Labute approximate surface area is 124 Å². The largest absolute Gasteiger partial charge is 0.497 e. The summed E-state index contributed by atoms with van der Waals surface area (Å²) < 4.78 is 26.0. The van der Waals surface area contributed by atoms with E-state index in [-0.39, 0.29) is 5.82 Å². The zero-order valence-corrected chi connectivity index (χ0v) is 12.4. The molecule has 5 heteroatoms. The number of halogens is 1. The first kappa shape index (κ1) is 15.5. The summed E-state index contributed by atoms with van der Waals surface area (Å²) in [6, 6.07) is 8.94. The molecule has 0 aliphatic rings. The van der Waals surface area contributed by atoms with Crippen LogP contribution in [0.5, 0.6) is 5.75 Å². The van der Waals surface area contributed by atoms with Gasteiger partial charge >= 0.3 is 0 Å². The SMILES string of the molecule is COCCNCc1cccn1Cc1ccc(OC)cc1F. The summed E-state index contributed by atoms with van der Waals surface area (Å²) in [6.45, 7) is 2.70. The van der Waals surface area contributed by atoms with Gasteiger partial charge in [-0.3, -0.25) is 0 Å². The lowest BCUT2D eigenvalue weighted by molar-refractivity contribution is 0.199. The van der Waals surface area contributed by atoms with Crippen molar-refractivity contribution in [3.05, 3.63) is 53.6 Å². The van der Waals surface area contributed by atoms with E-state index in [1.165, 1.54) is 13.2 Å². The van der Waals surface area contributed by atoms with Crippen LogP contribution in [0, 0.1) is 5.82 Å². The molecule has 1 heterocycles. The highest BCUT2D eigenvalue weighted by Crippen LogP contribution is 2.18. The van der Waals surface area contributed by atoms with Crippen LogP contribution in [0.3, 0.4) is 0 Å². The van der Waals surface area contributed by atoms with Gasteiger partial charge in [0.05, 0.1) is 20.3 Å². The molecule has 0 aliphatic heterocycles. The molecule has 0 radical (unpaired) electrons. The number of nitrogens with one attached hydrogen (secondary N) is 1. The lowest BCUT2D eigenvalue weighted by Crippen LogP contribution is -2.20. The number of hydrogen-bond donors (Lipinski definition) is 1. The highest BCUT2D eigenvalue weighted by Gasteiger charge is 2.07. The van der Waals surface area contributed by atoms with Gasteiger partial charge in [0.1, 0.15) is 11.6 Å². The van der Waals surface area contributed by atoms with Gasteiger partial charge in [0.2, 0.25) is 0 Å². The molecule has 0 spiro atoms. The van der Waals surface area contributed by atoms with Crippen molar-refractivity contribution in [2.24, 2.45) is 0 Å². The minimum atomic E-state index is -0.249. The van der Waals surface area contributed by atoms with E-state index in [2.05, 4.69) is 5.32 Å². The Kier molecular flexibility index (Phi) is 5.78. The molecule has 2 aromatic rings. The maximum atomic E-state index is 14.0. The maximum absolute atomic E-state index is 14.0. The average Bonchev–Trinajstić information content (AvgIpc) is 2.93. The molecule has 0 amide bonds. The first-order valence-electron chi connectivity index (χ1n) is 6.90. The predicted octanol–water partition coefficient (Wildman–Crippen LogP) is 2.42. The molecule has 0 saturated heterocycles. The minimum Gasteiger partial charge on any atom is -0.497 e. The zero-order valence-electron chi connectivity index (χ0n) is 12.4. The minimum absolute atomic E-state index is 0.249. The van der Waals surface area contributed by atoms with Crippen molar-refractivity contribution >= 4 is 0 Å². The molecule has 114 valence electrons. The van der Waals surface area contributed by atoms with Gasteiger partial charge in [0.15, 0.2) is 0 Å². The standard InChI is InChI=1S/C16H21FN2O2/c1-20-9-7-18-11-14-4-3-8-19(14)12-13-5-6-15(21-2)10-16(13)17/h3-6,8,10,18H,7,9,11-12H2,1-2H3. The van der Waals surface area contributed by atoms with Gasteiger partial charge in [0.25, 0.3) is 0 Å². The molecule has 1 aromatic heterocycles. The smallest absolute Gasteiger partial charge is 0.131 e. The first-order chi connectivity index (χ1) is 10.2. The lowest BCUT2D eigenvalue weighted by atomic mass is 10.2. The van der Waals surface area contributed by atoms with Crippen LogP contribution in [0.4, 0.5) is 4.39 Å². The molecule has 21 heavy (non-hydrogen) atoms. The number of methoxy groups -OCH3 is 2. The van der Waals surface area contributed by atoms with Gasteiger partial charge in [-0.25, -0.2) is 4.39 Å². The molecule has 0 atom stereocenters. The van der Waals surface area contributed by atoms with Crippen molar-refractivity contribution in [1.82, 2.24) is 9.88 Å². The van der Waals surface area contributed by atoms with Gasteiger partial charge in [-0.15, -0.1) is 0 Å². The normalized spacial score (nSPS) is 10.8. The Bertz CT molecular complexity index is 569. The maximum Gasteiger partial charge on any atom is 0.131 e. The fraction of sp³-hybridized carbons (Fsp3) is 0.375. The Morgan fingerprint density at radius 1 is 1.24 bits per heavy atom. The second kappa shape index (κ2) is 7.81. The third-order valence-electron chi connectivity index (χ3n) is 3.31. The molecular weight excluding hydrogens is 271 g/mol. The van der Waals surface area contributed by atoms with Crippen molar-refractivity contribution in [2.45, 2.75) is 13.1 Å². The van der Waals surface area contributed by atoms with Gasteiger partial charge in [-0.2, -0.15) is 0 Å². The van der Waals surface area contributed by atoms with Crippen LogP contribution >= 0.6 is 0 Å². The van der Waals surface area contributed by atoms with Crippen LogP contribution in [-0.2, 0) is 17.8 Å². The Morgan fingerprint density at radius 2 is 2.10 bits per heavy atom. The van der Waals surface area contributed by atoms with E-state index in [0.717, 1.165) is 18.8 Å². The second-order valence-corrected chi connectivity index (χ2v) is 4.75. The van der Waals surface area contributed by atoms with Gasteiger partial charge in [-0.1, -0.05) is 6.07 Å². The molecule has 1 aromatic carbocycles. The van der Waals surface area contributed by atoms with Crippen LogP contribution in [-0.4, -0.2) is 31.9 Å². The number of aromatic nitrogens is 1. The van der Waals surface area contributed by atoms with E-state index in [4.69, 9.17) is 9.47 Å². The second-order valence-electron chi connectivity index (χ2n) is 4.75. The monoisotopic (exact) mass is 292 g/mol. The summed E-state index contributed by atoms with van der Waals surface area (Å²) in [5.41, 5.74) is 1.76. The Balaban J connectivity index is 2.01. The summed E-state index contributed by atoms with van der Waals surface area (Å²) in [6.07, 6.45) is 1.96. The summed E-state index contributed by atoms with van der Waals surface area (Å²) in [5.74, 6) is 0.284. The van der Waals surface area contributed by atoms with Crippen LogP contribution < -0.4 is 10.1 Å². The number of benzene rings is 1. The number of rotatable bonds is 8. The molecule has 0 aliphatic carbocycles. The van der Waals surface area contributed by atoms with Crippen LogP contribution in [0.2, 0.25) is 0 Å². The van der Waals surface area contributed by atoms with Crippen molar-refractivity contribution in [2.75, 3.05) is 27.4 Å². The molecule has 2 rings (SSSR count). The highest BCUT2D eigenvalue weighted by atomic mass is 19.1. The molecule has 0 fully saturated rings. The van der Waals surface area contributed by atoms with Gasteiger partial charge in [0, 0.05) is 43.7 Å². The molecule has 4 nitrogen and oxygen atoms in total. The van der Waals surface area contributed by atoms with Crippen LogP contribution in [0.15, 0.2) is 36.5 Å². The molecule has 0 bridgehead atoms. The van der Waals surface area contributed by atoms with Gasteiger partial charge < -0.3 is 19.4 Å². The average molecular weight is 292 g/mol. The lowest BCUT2D eigenvalue weighted by Gasteiger charge is -2.11. The molecule has 0 unspecified atom stereocenters. The first-order valence-corrected chi connectivity index (χ1v) is 6.90. The number of nitrogens with zero attached hydrogens (tertiary/aromatic N) is 1. The molecule has 0 saturated carbocycles. The topological polar surface area (TPSA) is 35.4 Å². The third-order valence-corrected chi connectivity index (χ3v) is 3.31. The summed E-state index contributed by atoms with van der Waals surface area (Å²) in [4.78, 5) is 0. The third kappa shape index (κ3) is 4.31. The Morgan fingerprint density at radius 3 is 2.81 bits per heavy atom. The highest BCUT2D eigenvalue weighted by molar-refractivity contribution is 5.29. The summed E-state index contributed by atoms with van der Waals surface area (Å²) >= 11 is 0. The zero-order chi connectivity index (χ0) is 15.1. The fourth-order valence-electron chi connectivity index (χ4n) is 2.12.